The van der Waals surface area contributed by atoms with Crippen molar-refractivity contribution in [1.82, 2.24) is 4.98 Å². The summed E-state index contributed by atoms with van der Waals surface area (Å²) in [6.07, 6.45) is 2.78. The Kier molecular flexibility index (Phi) is 6.36. The first-order valence-electron chi connectivity index (χ1n) is 6.51. The molecule has 0 aliphatic rings. The summed E-state index contributed by atoms with van der Waals surface area (Å²) >= 11 is 3.41. The van der Waals surface area contributed by atoms with E-state index in [4.69, 9.17) is 10.5 Å². The standard InChI is InChI=1S/C14H18N4OS2/c1-19-12-5-2-4-11(10-12)18-13(15)16-6-3-8-20-14-17-7-9-21-14/h2,4-5,7,9-10H,3,6,8H2,1H3,(H3,15,16,18). The molecule has 3 N–H and O–H groups in total. The van der Waals surface area contributed by atoms with Gasteiger partial charge < -0.3 is 15.8 Å². The maximum absolute atomic E-state index is 5.86. The fraction of sp³-hybridized carbons (Fsp3) is 0.286. The number of anilines is 1. The van der Waals surface area contributed by atoms with Crippen molar-refractivity contribution in [2.45, 2.75) is 10.8 Å². The molecule has 0 bridgehead atoms. The van der Waals surface area contributed by atoms with Crippen LogP contribution in [0, 0.1) is 0 Å². The summed E-state index contributed by atoms with van der Waals surface area (Å²) in [6, 6.07) is 7.58. The van der Waals surface area contributed by atoms with Crippen molar-refractivity contribution in [1.29, 1.82) is 0 Å². The molecule has 0 amide bonds. The Morgan fingerprint density at radius 1 is 1.52 bits per heavy atom. The van der Waals surface area contributed by atoms with E-state index in [0.717, 1.165) is 28.0 Å². The summed E-state index contributed by atoms with van der Waals surface area (Å²) in [5.74, 6) is 2.19. The highest BCUT2D eigenvalue weighted by atomic mass is 32.2. The Balaban J connectivity index is 1.70. The smallest absolute Gasteiger partial charge is 0.193 e. The summed E-state index contributed by atoms with van der Waals surface area (Å²) < 4.78 is 6.26. The van der Waals surface area contributed by atoms with Gasteiger partial charge in [0.25, 0.3) is 0 Å². The molecule has 0 fully saturated rings. The second-order valence-electron chi connectivity index (χ2n) is 4.12. The number of benzene rings is 1. The SMILES string of the molecule is COc1cccc(NC(N)=NCCCSc2nccs2)c1. The predicted octanol–water partition coefficient (Wildman–Crippen LogP) is 3.06. The minimum Gasteiger partial charge on any atom is -0.497 e. The van der Waals surface area contributed by atoms with Crippen molar-refractivity contribution in [3.63, 3.8) is 0 Å². The molecular formula is C14H18N4OS2. The van der Waals surface area contributed by atoms with Crippen molar-refractivity contribution in [2.24, 2.45) is 10.7 Å². The Morgan fingerprint density at radius 2 is 2.43 bits per heavy atom. The lowest BCUT2D eigenvalue weighted by atomic mass is 10.3. The van der Waals surface area contributed by atoms with Crippen LogP contribution in [0.1, 0.15) is 6.42 Å². The third-order valence-corrected chi connectivity index (χ3v) is 4.61. The zero-order chi connectivity index (χ0) is 14.9. The highest BCUT2D eigenvalue weighted by molar-refractivity contribution is 8.00. The lowest BCUT2D eigenvalue weighted by Crippen LogP contribution is -2.22. The van der Waals surface area contributed by atoms with Gasteiger partial charge in [-0.25, -0.2) is 4.98 Å². The summed E-state index contributed by atoms with van der Waals surface area (Å²) in [4.78, 5) is 8.52. The van der Waals surface area contributed by atoms with Crippen LogP contribution in [0.25, 0.3) is 0 Å². The molecule has 1 aromatic carbocycles. The molecule has 0 radical (unpaired) electrons. The average Bonchev–Trinajstić information content (AvgIpc) is 3.00. The third kappa shape index (κ3) is 5.65. The molecule has 2 rings (SSSR count). The summed E-state index contributed by atoms with van der Waals surface area (Å²) in [7, 11) is 1.64. The van der Waals surface area contributed by atoms with E-state index in [0.29, 0.717) is 12.5 Å². The van der Waals surface area contributed by atoms with Crippen LogP contribution in [0.3, 0.4) is 0 Å². The number of methoxy groups -OCH3 is 1. The van der Waals surface area contributed by atoms with Crippen LogP contribution >= 0.6 is 23.1 Å². The van der Waals surface area contributed by atoms with E-state index in [1.807, 2.05) is 35.8 Å². The van der Waals surface area contributed by atoms with Crippen molar-refractivity contribution in [3.8, 4) is 5.75 Å². The number of thioether (sulfide) groups is 1. The zero-order valence-corrected chi connectivity index (χ0v) is 13.4. The highest BCUT2D eigenvalue weighted by Gasteiger charge is 1.98. The number of guanidine groups is 1. The zero-order valence-electron chi connectivity index (χ0n) is 11.8. The van der Waals surface area contributed by atoms with Gasteiger partial charge >= 0.3 is 0 Å². The average molecular weight is 322 g/mol. The largest absolute Gasteiger partial charge is 0.497 e. The lowest BCUT2D eigenvalue weighted by Gasteiger charge is -2.07. The van der Waals surface area contributed by atoms with Crippen LogP contribution < -0.4 is 15.8 Å². The molecule has 7 heteroatoms. The van der Waals surface area contributed by atoms with E-state index in [1.54, 1.807) is 30.2 Å². The van der Waals surface area contributed by atoms with Crippen LogP contribution in [0.2, 0.25) is 0 Å². The number of rotatable bonds is 7. The summed E-state index contributed by atoms with van der Waals surface area (Å²) in [5, 5.41) is 5.03. The van der Waals surface area contributed by atoms with Crippen molar-refractivity contribution in [2.75, 3.05) is 24.7 Å². The Labute approximate surface area is 132 Å². The Hall–Kier alpha value is -1.73. The molecule has 0 atom stereocenters. The molecule has 112 valence electrons. The van der Waals surface area contributed by atoms with Crippen molar-refractivity contribution >= 4 is 34.7 Å². The second kappa shape index (κ2) is 8.53. The molecule has 0 saturated carbocycles. The lowest BCUT2D eigenvalue weighted by molar-refractivity contribution is 0.415. The van der Waals surface area contributed by atoms with Crippen LogP contribution in [-0.2, 0) is 0 Å². The molecular weight excluding hydrogens is 304 g/mol. The van der Waals surface area contributed by atoms with E-state index in [9.17, 15) is 0 Å². The fourth-order valence-corrected chi connectivity index (χ4v) is 3.23. The number of hydrogen-bond donors (Lipinski definition) is 2. The van der Waals surface area contributed by atoms with Gasteiger partial charge in [0.2, 0.25) is 0 Å². The number of nitrogens with zero attached hydrogens (tertiary/aromatic N) is 2. The monoisotopic (exact) mass is 322 g/mol. The predicted molar refractivity (Wildman–Crippen MR) is 90.6 cm³/mol. The number of thiazole rings is 1. The number of hydrogen-bond acceptors (Lipinski definition) is 5. The molecule has 0 unspecified atom stereocenters. The summed E-state index contributed by atoms with van der Waals surface area (Å²) in [6.45, 7) is 0.696. The fourth-order valence-electron chi connectivity index (χ4n) is 1.59. The van der Waals surface area contributed by atoms with Crippen LogP contribution in [0.5, 0.6) is 5.75 Å². The van der Waals surface area contributed by atoms with Gasteiger partial charge in [0.1, 0.15) is 10.1 Å². The van der Waals surface area contributed by atoms with Crippen LogP contribution in [-0.4, -0.2) is 30.4 Å². The molecule has 21 heavy (non-hydrogen) atoms. The van der Waals surface area contributed by atoms with Gasteiger partial charge in [-0.05, 0) is 18.6 Å². The normalized spacial score (nSPS) is 11.4. The Morgan fingerprint density at radius 3 is 3.19 bits per heavy atom. The van der Waals surface area contributed by atoms with Gasteiger partial charge in [-0.2, -0.15) is 0 Å². The van der Waals surface area contributed by atoms with Gasteiger partial charge in [0, 0.05) is 35.6 Å². The number of nitrogens with one attached hydrogen (secondary N) is 1. The van der Waals surface area contributed by atoms with E-state index in [1.165, 1.54) is 0 Å². The first kappa shape index (κ1) is 15.7. The molecule has 0 aliphatic carbocycles. The van der Waals surface area contributed by atoms with Gasteiger partial charge in [0.05, 0.1) is 7.11 Å². The molecule has 0 saturated heterocycles. The second-order valence-corrected chi connectivity index (χ2v) is 6.36. The van der Waals surface area contributed by atoms with E-state index in [2.05, 4.69) is 15.3 Å². The number of ether oxygens (including phenoxy) is 1. The van der Waals surface area contributed by atoms with E-state index < -0.39 is 0 Å². The van der Waals surface area contributed by atoms with Crippen molar-refractivity contribution in [3.05, 3.63) is 35.8 Å². The van der Waals surface area contributed by atoms with Gasteiger partial charge in [-0.15, -0.1) is 11.3 Å². The minimum atomic E-state index is 0.419. The maximum Gasteiger partial charge on any atom is 0.193 e. The molecule has 0 spiro atoms. The number of aromatic nitrogens is 1. The summed E-state index contributed by atoms with van der Waals surface area (Å²) in [5.41, 5.74) is 6.72. The van der Waals surface area contributed by atoms with Gasteiger partial charge in [-0.3, -0.25) is 4.99 Å². The van der Waals surface area contributed by atoms with E-state index in [-0.39, 0.29) is 0 Å². The molecule has 1 heterocycles. The first-order chi connectivity index (χ1) is 10.3. The topological polar surface area (TPSA) is 72.5 Å². The molecule has 2 aromatic rings. The quantitative estimate of drug-likeness (QED) is 0.355. The van der Waals surface area contributed by atoms with Crippen LogP contribution in [0.15, 0.2) is 45.2 Å². The third-order valence-electron chi connectivity index (χ3n) is 2.56. The van der Waals surface area contributed by atoms with Gasteiger partial charge in [0.15, 0.2) is 5.96 Å². The van der Waals surface area contributed by atoms with Crippen molar-refractivity contribution < 1.29 is 4.74 Å². The Bertz CT molecular complexity index is 572. The van der Waals surface area contributed by atoms with Crippen LogP contribution in [0.4, 0.5) is 5.69 Å². The van der Waals surface area contributed by atoms with E-state index >= 15 is 0 Å². The molecule has 5 nitrogen and oxygen atoms in total. The first-order valence-corrected chi connectivity index (χ1v) is 8.38. The maximum atomic E-state index is 5.86. The molecule has 0 aliphatic heterocycles. The van der Waals surface area contributed by atoms with Gasteiger partial charge in [-0.1, -0.05) is 17.8 Å². The highest BCUT2D eigenvalue weighted by Crippen LogP contribution is 2.20. The molecule has 1 aromatic heterocycles. The number of aliphatic imine (C=N–C) groups is 1. The minimum absolute atomic E-state index is 0.419. The number of nitrogens with two attached hydrogens (primary N) is 1.